The van der Waals surface area contributed by atoms with Crippen LogP contribution in [0.2, 0.25) is 0 Å². The average Bonchev–Trinajstić information content (AvgIpc) is 3.06. The van der Waals surface area contributed by atoms with E-state index in [1.807, 2.05) is 7.05 Å². The smallest absolute Gasteiger partial charge is 0.191 e. The van der Waals surface area contributed by atoms with Crippen molar-refractivity contribution in [2.45, 2.75) is 38.8 Å². The predicted octanol–water partition coefficient (Wildman–Crippen LogP) is 3.02. The molecule has 0 aromatic heterocycles. The third kappa shape index (κ3) is 7.31. The summed E-state index contributed by atoms with van der Waals surface area (Å²) in [5, 5.41) is 7.11. The van der Waals surface area contributed by atoms with Crippen LogP contribution in [0, 0.1) is 5.92 Å². The van der Waals surface area contributed by atoms with Gasteiger partial charge in [-0.1, -0.05) is 32.0 Å². The molecule has 6 heteroatoms. The molecule has 1 fully saturated rings. The van der Waals surface area contributed by atoms with Gasteiger partial charge >= 0.3 is 0 Å². The molecule has 1 aromatic carbocycles. The van der Waals surface area contributed by atoms with E-state index in [9.17, 15) is 0 Å². The van der Waals surface area contributed by atoms with Gasteiger partial charge in [-0.15, -0.1) is 24.0 Å². The van der Waals surface area contributed by atoms with Gasteiger partial charge in [-0.05, 0) is 45.0 Å². The topological polar surface area (TPSA) is 42.9 Å². The summed E-state index contributed by atoms with van der Waals surface area (Å²) in [4.78, 5) is 9.15. The molecule has 0 bridgehead atoms. The minimum Gasteiger partial charge on any atom is -0.369 e. The van der Waals surface area contributed by atoms with Gasteiger partial charge in [-0.3, -0.25) is 4.99 Å². The Labute approximate surface area is 176 Å². The van der Waals surface area contributed by atoms with Crippen LogP contribution in [0.4, 0.5) is 5.69 Å². The Morgan fingerprint density at radius 3 is 2.54 bits per heavy atom. The first-order chi connectivity index (χ1) is 12.0. The molecule has 5 nitrogen and oxygen atoms in total. The third-order valence-corrected chi connectivity index (χ3v) is 4.85. The number of para-hydroxylation sites is 1. The molecule has 0 spiro atoms. The highest BCUT2D eigenvalue weighted by atomic mass is 127. The second-order valence-corrected chi connectivity index (χ2v) is 7.61. The molecule has 2 atom stereocenters. The van der Waals surface area contributed by atoms with E-state index in [0.29, 0.717) is 18.0 Å². The summed E-state index contributed by atoms with van der Waals surface area (Å²) < 4.78 is 0. The SMILES string of the molecule is CN=C(NCC(CC(C)C)N(C)C)NC1CCN(c2ccccc2)C1.I. The normalized spacial score (nSPS) is 18.8. The van der Waals surface area contributed by atoms with Gasteiger partial charge in [0.2, 0.25) is 0 Å². The van der Waals surface area contributed by atoms with Gasteiger partial charge in [-0.25, -0.2) is 0 Å². The van der Waals surface area contributed by atoms with Crippen molar-refractivity contribution in [3.63, 3.8) is 0 Å². The van der Waals surface area contributed by atoms with Gasteiger partial charge in [0.25, 0.3) is 0 Å². The van der Waals surface area contributed by atoms with E-state index < -0.39 is 0 Å². The lowest BCUT2D eigenvalue weighted by molar-refractivity contribution is 0.254. The van der Waals surface area contributed by atoms with Crippen molar-refractivity contribution in [3.05, 3.63) is 30.3 Å². The molecule has 0 radical (unpaired) electrons. The van der Waals surface area contributed by atoms with Crippen LogP contribution in [0.3, 0.4) is 0 Å². The maximum absolute atomic E-state index is 4.42. The van der Waals surface area contributed by atoms with Crippen LogP contribution >= 0.6 is 24.0 Å². The van der Waals surface area contributed by atoms with Crippen molar-refractivity contribution in [1.29, 1.82) is 0 Å². The fraction of sp³-hybridized carbons (Fsp3) is 0.650. The summed E-state index contributed by atoms with van der Waals surface area (Å²) in [6.45, 7) is 7.58. The number of guanidine groups is 1. The van der Waals surface area contributed by atoms with Crippen molar-refractivity contribution in [2.75, 3.05) is 45.7 Å². The summed E-state index contributed by atoms with van der Waals surface area (Å²) in [6, 6.07) is 11.6. The quantitative estimate of drug-likeness (QED) is 0.363. The highest BCUT2D eigenvalue weighted by Gasteiger charge is 2.23. The molecular formula is C20H36IN5. The largest absolute Gasteiger partial charge is 0.369 e. The summed E-state index contributed by atoms with van der Waals surface area (Å²) in [6.07, 6.45) is 2.32. The van der Waals surface area contributed by atoms with E-state index in [4.69, 9.17) is 0 Å². The number of rotatable bonds is 7. The molecule has 0 aliphatic carbocycles. The molecule has 0 saturated carbocycles. The number of nitrogens with zero attached hydrogens (tertiary/aromatic N) is 3. The van der Waals surface area contributed by atoms with Crippen molar-refractivity contribution in [1.82, 2.24) is 15.5 Å². The molecule has 1 saturated heterocycles. The fourth-order valence-corrected chi connectivity index (χ4v) is 3.37. The second kappa shape index (κ2) is 11.6. The molecule has 0 amide bonds. The van der Waals surface area contributed by atoms with E-state index in [2.05, 4.69) is 83.7 Å². The third-order valence-electron chi connectivity index (χ3n) is 4.85. The number of anilines is 1. The number of aliphatic imine (C=N–C) groups is 1. The summed E-state index contributed by atoms with van der Waals surface area (Å²) >= 11 is 0. The number of nitrogens with one attached hydrogen (secondary N) is 2. The molecule has 1 heterocycles. The maximum atomic E-state index is 4.42. The molecule has 1 aliphatic rings. The first-order valence-corrected chi connectivity index (χ1v) is 9.43. The van der Waals surface area contributed by atoms with Gasteiger partial charge < -0.3 is 20.4 Å². The van der Waals surface area contributed by atoms with Gasteiger partial charge in [0.1, 0.15) is 0 Å². The minimum atomic E-state index is 0. The van der Waals surface area contributed by atoms with E-state index in [-0.39, 0.29) is 24.0 Å². The number of benzene rings is 1. The van der Waals surface area contributed by atoms with E-state index in [1.165, 1.54) is 12.1 Å². The van der Waals surface area contributed by atoms with E-state index >= 15 is 0 Å². The Balaban J connectivity index is 0.00000338. The fourth-order valence-electron chi connectivity index (χ4n) is 3.37. The van der Waals surface area contributed by atoms with E-state index in [1.54, 1.807) is 0 Å². The first kappa shape index (κ1) is 23.0. The number of halogens is 1. The summed E-state index contributed by atoms with van der Waals surface area (Å²) in [5.74, 6) is 1.61. The van der Waals surface area contributed by atoms with Crippen molar-refractivity contribution >= 4 is 35.6 Å². The number of likely N-dealkylation sites (N-methyl/N-ethyl adjacent to an activating group) is 1. The Morgan fingerprint density at radius 2 is 1.96 bits per heavy atom. The molecule has 148 valence electrons. The molecule has 2 unspecified atom stereocenters. The van der Waals surface area contributed by atoms with Crippen LogP contribution < -0.4 is 15.5 Å². The van der Waals surface area contributed by atoms with Gasteiger partial charge in [-0.2, -0.15) is 0 Å². The Kier molecular flexibility index (Phi) is 10.3. The molecule has 1 aromatic rings. The number of hydrogen-bond acceptors (Lipinski definition) is 3. The van der Waals surface area contributed by atoms with Gasteiger partial charge in [0.15, 0.2) is 5.96 Å². The highest BCUT2D eigenvalue weighted by molar-refractivity contribution is 14.0. The molecule has 26 heavy (non-hydrogen) atoms. The zero-order valence-corrected chi connectivity index (χ0v) is 19.2. The maximum Gasteiger partial charge on any atom is 0.191 e. The Morgan fingerprint density at radius 1 is 1.27 bits per heavy atom. The first-order valence-electron chi connectivity index (χ1n) is 9.43. The predicted molar refractivity (Wildman–Crippen MR) is 124 cm³/mol. The Bertz CT molecular complexity index is 532. The monoisotopic (exact) mass is 473 g/mol. The second-order valence-electron chi connectivity index (χ2n) is 7.61. The van der Waals surface area contributed by atoms with Gasteiger partial charge in [0, 0.05) is 44.5 Å². The van der Waals surface area contributed by atoms with Crippen molar-refractivity contribution in [3.8, 4) is 0 Å². The van der Waals surface area contributed by atoms with Crippen LogP contribution in [0.15, 0.2) is 35.3 Å². The van der Waals surface area contributed by atoms with Crippen molar-refractivity contribution in [2.24, 2.45) is 10.9 Å². The lowest BCUT2D eigenvalue weighted by Gasteiger charge is -2.27. The van der Waals surface area contributed by atoms with Crippen LogP contribution in [-0.2, 0) is 0 Å². The Hall–Kier alpha value is -1.02. The standard InChI is InChI=1S/C20H35N5.HI/c1-16(2)13-19(24(4)5)14-22-20(21-3)23-17-11-12-25(15-17)18-9-7-6-8-10-18;/h6-10,16-17,19H,11-15H2,1-5H3,(H2,21,22,23);1H. The molecule has 1 aliphatic heterocycles. The molecule has 2 rings (SSSR count). The lowest BCUT2D eigenvalue weighted by Crippen LogP contribution is -2.49. The average molecular weight is 473 g/mol. The van der Waals surface area contributed by atoms with Crippen LogP contribution in [-0.4, -0.2) is 63.7 Å². The zero-order valence-electron chi connectivity index (χ0n) is 16.9. The van der Waals surface area contributed by atoms with Crippen LogP contribution in [0.1, 0.15) is 26.7 Å². The van der Waals surface area contributed by atoms with Crippen LogP contribution in [0.5, 0.6) is 0 Å². The number of hydrogen-bond donors (Lipinski definition) is 2. The highest BCUT2D eigenvalue weighted by Crippen LogP contribution is 2.19. The minimum absolute atomic E-state index is 0. The van der Waals surface area contributed by atoms with Crippen LogP contribution in [0.25, 0.3) is 0 Å². The molecular weight excluding hydrogens is 437 g/mol. The van der Waals surface area contributed by atoms with E-state index in [0.717, 1.165) is 32.0 Å². The summed E-state index contributed by atoms with van der Waals surface area (Å²) in [5.41, 5.74) is 1.30. The summed E-state index contributed by atoms with van der Waals surface area (Å²) in [7, 11) is 6.16. The zero-order chi connectivity index (χ0) is 18.2. The molecule has 2 N–H and O–H groups in total. The van der Waals surface area contributed by atoms with Crippen molar-refractivity contribution < 1.29 is 0 Å². The lowest BCUT2D eigenvalue weighted by atomic mass is 10.0. The van der Waals surface area contributed by atoms with Gasteiger partial charge in [0.05, 0.1) is 0 Å².